The first-order valence-corrected chi connectivity index (χ1v) is 10.8. The van der Waals surface area contributed by atoms with Crippen LogP contribution in [0.5, 0.6) is 5.75 Å². The van der Waals surface area contributed by atoms with Crippen molar-refractivity contribution in [2.45, 2.75) is 24.7 Å². The minimum Gasteiger partial charge on any atom is -0.495 e. The highest BCUT2D eigenvalue weighted by Gasteiger charge is 2.32. The number of nitrogens with one attached hydrogen (secondary N) is 1. The maximum Gasteiger partial charge on any atom is 0.243 e. The van der Waals surface area contributed by atoms with E-state index in [4.69, 9.17) is 16.3 Å². The number of amides is 1. The number of ether oxygens (including phenoxy) is 1. The zero-order valence-corrected chi connectivity index (χ0v) is 17.4. The van der Waals surface area contributed by atoms with E-state index in [1.165, 1.54) is 11.4 Å². The number of rotatable bonds is 5. The van der Waals surface area contributed by atoms with Crippen molar-refractivity contribution < 1.29 is 17.9 Å². The molecule has 1 heterocycles. The van der Waals surface area contributed by atoms with Crippen LogP contribution in [0.25, 0.3) is 0 Å². The van der Waals surface area contributed by atoms with Crippen molar-refractivity contribution in [2.75, 3.05) is 25.5 Å². The lowest BCUT2D eigenvalue weighted by molar-refractivity contribution is -0.120. The van der Waals surface area contributed by atoms with Crippen LogP contribution in [0.2, 0.25) is 5.02 Å². The number of carbonyl (C=O) groups excluding carboxylic acids is 1. The van der Waals surface area contributed by atoms with Crippen LogP contribution < -0.4 is 10.1 Å². The zero-order chi connectivity index (χ0) is 20.3. The molecule has 0 spiro atoms. The van der Waals surface area contributed by atoms with Gasteiger partial charge in [0, 0.05) is 24.0 Å². The van der Waals surface area contributed by atoms with Gasteiger partial charge in [0.1, 0.15) is 5.75 Å². The first kappa shape index (κ1) is 20.6. The number of benzene rings is 2. The predicted molar refractivity (Wildman–Crippen MR) is 109 cm³/mol. The lowest BCUT2D eigenvalue weighted by Crippen LogP contribution is -2.41. The second kappa shape index (κ2) is 8.51. The molecule has 8 heteroatoms. The maximum atomic E-state index is 12.8. The van der Waals surface area contributed by atoms with Crippen LogP contribution in [0.15, 0.2) is 47.4 Å². The summed E-state index contributed by atoms with van der Waals surface area (Å²) in [5.74, 6) is 0.0956. The van der Waals surface area contributed by atoms with Gasteiger partial charge >= 0.3 is 0 Å². The molecule has 0 aromatic heterocycles. The van der Waals surface area contributed by atoms with Gasteiger partial charge in [0.05, 0.1) is 17.7 Å². The van der Waals surface area contributed by atoms with E-state index in [9.17, 15) is 13.2 Å². The molecule has 0 atom stereocenters. The van der Waals surface area contributed by atoms with Crippen LogP contribution in [0, 0.1) is 12.8 Å². The van der Waals surface area contributed by atoms with Crippen LogP contribution in [0.1, 0.15) is 18.4 Å². The molecule has 3 rings (SSSR count). The Hall–Kier alpha value is -2.09. The van der Waals surface area contributed by atoms with Gasteiger partial charge in [0.2, 0.25) is 15.9 Å². The highest BCUT2D eigenvalue weighted by atomic mass is 35.5. The number of hydrogen-bond donors (Lipinski definition) is 1. The smallest absolute Gasteiger partial charge is 0.243 e. The summed E-state index contributed by atoms with van der Waals surface area (Å²) in [6.07, 6.45) is 0.916. The Morgan fingerprint density at radius 3 is 2.39 bits per heavy atom. The number of methoxy groups -OCH3 is 1. The Labute approximate surface area is 170 Å². The third-order valence-electron chi connectivity index (χ3n) is 4.90. The second-order valence-corrected chi connectivity index (χ2v) is 9.20. The van der Waals surface area contributed by atoms with Gasteiger partial charge < -0.3 is 10.1 Å². The van der Waals surface area contributed by atoms with Crippen LogP contribution in [-0.2, 0) is 14.8 Å². The molecule has 0 saturated carbocycles. The molecule has 1 N–H and O–H groups in total. The monoisotopic (exact) mass is 422 g/mol. The van der Waals surface area contributed by atoms with E-state index < -0.39 is 10.0 Å². The summed E-state index contributed by atoms with van der Waals surface area (Å²) in [6, 6.07) is 11.8. The normalized spacial score (nSPS) is 16.0. The molecule has 2 aromatic rings. The summed E-state index contributed by atoms with van der Waals surface area (Å²) in [5.41, 5.74) is 1.51. The van der Waals surface area contributed by atoms with E-state index in [0.717, 1.165) is 5.56 Å². The highest BCUT2D eigenvalue weighted by molar-refractivity contribution is 7.89. The number of sulfonamides is 1. The molecule has 28 heavy (non-hydrogen) atoms. The third-order valence-corrected chi connectivity index (χ3v) is 7.05. The molecule has 0 aliphatic carbocycles. The molecule has 1 aliphatic heterocycles. The van der Waals surface area contributed by atoms with Crippen molar-refractivity contribution in [3.63, 3.8) is 0 Å². The minimum absolute atomic E-state index is 0.159. The number of halogens is 1. The second-order valence-electron chi connectivity index (χ2n) is 6.83. The molecule has 0 unspecified atom stereocenters. The van der Waals surface area contributed by atoms with Crippen LogP contribution in [0.3, 0.4) is 0 Å². The quantitative estimate of drug-likeness (QED) is 0.797. The van der Waals surface area contributed by atoms with E-state index in [-0.39, 0.29) is 16.7 Å². The van der Waals surface area contributed by atoms with Gasteiger partial charge in [-0.15, -0.1) is 0 Å². The summed E-state index contributed by atoms with van der Waals surface area (Å²) >= 11 is 6.00. The van der Waals surface area contributed by atoms with E-state index in [2.05, 4.69) is 5.32 Å². The van der Waals surface area contributed by atoms with Crippen LogP contribution in [0.4, 0.5) is 5.69 Å². The lowest BCUT2D eigenvalue weighted by Gasteiger charge is -2.30. The summed E-state index contributed by atoms with van der Waals surface area (Å²) in [7, 11) is -2.02. The number of nitrogens with zero attached hydrogens (tertiary/aromatic N) is 1. The van der Waals surface area contributed by atoms with Gasteiger partial charge in [-0.05, 0) is 50.1 Å². The molecule has 1 aliphatic rings. The molecule has 1 amide bonds. The fourth-order valence-electron chi connectivity index (χ4n) is 3.23. The summed E-state index contributed by atoms with van der Waals surface area (Å²) in [5, 5.41) is 3.34. The third kappa shape index (κ3) is 4.48. The molecule has 0 bridgehead atoms. The molecular formula is C20H23ClN2O4S. The Bertz CT molecular complexity index is 953. The van der Waals surface area contributed by atoms with Crippen molar-refractivity contribution in [1.29, 1.82) is 0 Å². The van der Waals surface area contributed by atoms with Crippen LogP contribution >= 0.6 is 11.6 Å². The first-order valence-electron chi connectivity index (χ1n) is 9.02. The summed E-state index contributed by atoms with van der Waals surface area (Å²) in [4.78, 5) is 12.9. The largest absolute Gasteiger partial charge is 0.495 e. The Kier molecular flexibility index (Phi) is 6.27. The van der Waals surface area contributed by atoms with Gasteiger partial charge in [-0.3, -0.25) is 4.79 Å². The Morgan fingerprint density at radius 2 is 1.79 bits per heavy atom. The molecular weight excluding hydrogens is 400 g/mol. The Morgan fingerprint density at radius 1 is 1.14 bits per heavy atom. The van der Waals surface area contributed by atoms with Gasteiger partial charge in [0.15, 0.2) is 0 Å². The first-order chi connectivity index (χ1) is 13.3. The van der Waals surface area contributed by atoms with Crippen molar-refractivity contribution in [2.24, 2.45) is 5.92 Å². The average molecular weight is 423 g/mol. The van der Waals surface area contributed by atoms with Crippen molar-refractivity contribution in [1.82, 2.24) is 4.31 Å². The molecule has 1 fully saturated rings. The fourth-order valence-corrected chi connectivity index (χ4v) is 4.87. The maximum absolute atomic E-state index is 12.8. The SMILES string of the molecule is COc1ccc(Cl)cc1NC(=O)C1CCN(S(=O)(=O)c2ccc(C)cc2)CC1. The topological polar surface area (TPSA) is 75.7 Å². The van der Waals surface area contributed by atoms with Crippen molar-refractivity contribution in [3.8, 4) is 5.75 Å². The van der Waals surface area contributed by atoms with Crippen LogP contribution in [-0.4, -0.2) is 38.8 Å². The zero-order valence-electron chi connectivity index (χ0n) is 15.8. The average Bonchev–Trinajstić information content (AvgIpc) is 2.68. The van der Waals surface area contributed by atoms with Gasteiger partial charge in [0.25, 0.3) is 0 Å². The standard InChI is InChI=1S/C20H23ClN2O4S/c1-14-3-6-17(7-4-14)28(25,26)23-11-9-15(10-12-23)20(24)22-18-13-16(21)5-8-19(18)27-2/h3-8,13,15H,9-12H2,1-2H3,(H,22,24). The van der Waals surface area contributed by atoms with Gasteiger partial charge in [-0.25, -0.2) is 8.42 Å². The molecule has 1 saturated heterocycles. The number of hydrogen-bond acceptors (Lipinski definition) is 4. The van der Waals surface area contributed by atoms with Gasteiger partial charge in [-0.2, -0.15) is 4.31 Å². The van der Waals surface area contributed by atoms with Crippen molar-refractivity contribution >= 4 is 33.2 Å². The number of carbonyl (C=O) groups is 1. The molecule has 2 aromatic carbocycles. The van der Waals surface area contributed by atoms with Gasteiger partial charge in [-0.1, -0.05) is 29.3 Å². The number of anilines is 1. The minimum atomic E-state index is -3.54. The summed E-state index contributed by atoms with van der Waals surface area (Å²) < 4.78 is 32.3. The molecule has 150 valence electrons. The number of piperidine rings is 1. The lowest BCUT2D eigenvalue weighted by atomic mass is 9.97. The Balaban J connectivity index is 1.64. The van der Waals surface area contributed by atoms with E-state index in [0.29, 0.717) is 42.4 Å². The molecule has 0 radical (unpaired) electrons. The fraction of sp³-hybridized carbons (Fsp3) is 0.350. The van der Waals surface area contributed by atoms with Crippen molar-refractivity contribution in [3.05, 3.63) is 53.1 Å². The van der Waals surface area contributed by atoms with E-state index >= 15 is 0 Å². The molecule has 6 nitrogen and oxygen atoms in total. The van der Waals surface area contributed by atoms with E-state index in [1.54, 1.807) is 42.5 Å². The summed E-state index contributed by atoms with van der Waals surface area (Å²) in [6.45, 7) is 2.53. The van der Waals surface area contributed by atoms with E-state index in [1.807, 2.05) is 6.92 Å². The number of aryl methyl sites for hydroxylation is 1. The predicted octanol–water partition coefficient (Wildman–Crippen LogP) is 3.70. The highest BCUT2D eigenvalue weighted by Crippen LogP contribution is 2.30.